The van der Waals surface area contributed by atoms with Crippen LogP contribution in [0.4, 0.5) is 0 Å². The van der Waals surface area contributed by atoms with Crippen LogP contribution in [0.15, 0.2) is 12.4 Å². The zero-order chi connectivity index (χ0) is 15.0. The van der Waals surface area contributed by atoms with Crippen molar-refractivity contribution in [2.75, 3.05) is 13.1 Å². The monoisotopic (exact) mass is 344 g/mol. The van der Waals surface area contributed by atoms with Gasteiger partial charge in [0.05, 0.1) is 9.90 Å². The molecule has 1 aliphatic rings. The Morgan fingerprint density at radius 3 is 2.62 bits per heavy atom. The lowest BCUT2D eigenvalue weighted by atomic mass is 9.95. The molecule has 3 rings (SSSR count). The van der Waals surface area contributed by atoms with E-state index < -0.39 is 0 Å². The Labute approximate surface area is 136 Å². The average molecular weight is 345 g/mol. The third kappa shape index (κ3) is 2.93. The SMILES string of the molecule is Cn1cnnc1C1CCN(C(=O)c2cc(Cl)sc2Cl)CC1. The fraction of sp³-hybridized carbons (Fsp3) is 0.462. The van der Waals surface area contributed by atoms with Crippen LogP contribution in [0.1, 0.15) is 34.9 Å². The van der Waals surface area contributed by atoms with Gasteiger partial charge in [0.2, 0.25) is 0 Å². The number of thiophene rings is 1. The molecule has 0 aliphatic carbocycles. The Morgan fingerprint density at radius 2 is 2.10 bits per heavy atom. The number of likely N-dealkylation sites (tertiary alicyclic amines) is 1. The van der Waals surface area contributed by atoms with Gasteiger partial charge < -0.3 is 9.47 Å². The van der Waals surface area contributed by atoms with Crippen molar-refractivity contribution in [3.63, 3.8) is 0 Å². The summed E-state index contributed by atoms with van der Waals surface area (Å²) in [7, 11) is 1.94. The number of carbonyl (C=O) groups is 1. The number of rotatable bonds is 2. The minimum Gasteiger partial charge on any atom is -0.339 e. The molecule has 1 aliphatic heterocycles. The largest absolute Gasteiger partial charge is 0.339 e. The van der Waals surface area contributed by atoms with Crippen molar-refractivity contribution < 1.29 is 4.79 Å². The molecule has 0 spiro atoms. The zero-order valence-corrected chi connectivity index (χ0v) is 13.8. The molecule has 0 unspecified atom stereocenters. The number of aryl methyl sites for hydroxylation is 1. The van der Waals surface area contributed by atoms with E-state index in [-0.39, 0.29) is 5.91 Å². The molecule has 0 atom stereocenters. The fourth-order valence-electron chi connectivity index (χ4n) is 2.66. The van der Waals surface area contributed by atoms with Crippen LogP contribution in [0.5, 0.6) is 0 Å². The van der Waals surface area contributed by atoms with Crippen LogP contribution in [0.25, 0.3) is 0 Å². The van der Waals surface area contributed by atoms with Crippen LogP contribution in [-0.2, 0) is 7.05 Å². The first-order valence-electron chi connectivity index (χ1n) is 6.64. The summed E-state index contributed by atoms with van der Waals surface area (Å²) in [6, 6.07) is 1.64. The number of halogens is 2. The molecule has 1 amide bonds. The number of amides is 1. The summed E-state index contributed by atoms with van der Waals surface area (Å²) in [5.41, 5.74) is 0.503. The molecule has 2 aromatic rings. The van der Waals surface area contributed by atoms with Gasteiger partial charge in [-0.15, -0.1) is 21.5 Å². The molecule has 0 bridgehead atoms. The van der Waals surface area contributed by atoms with E-state index >= 15 is 0 Å². The van der Waals surface area contributed by atoms with Crippen molar-refractivity contribution in [3.8, 4) is 0 Å². The van der Waals surface area contributed by atoms with Gasteiger partial charge in [0.15, 0.2) is 0 Å². The van der Waals surface area contributed by atoms with E-state index in [1.807, 2.05) is 16.5 Å². The summed E-state index contributed by atoms with van der Waals surface area (Å²) in [4.78, 5) is 14.3. The van der Waals surface area contributed by atoms with Gasteiger partial charge in [0, 0.05) is 26.1 Å². The molecule has 0 aromatic carbocycles. The van der Waals surface area contributed by atoms with Gasteiger partial charge in [-0.1, -0.05) is 23.2 Å². The van der Waals surface area contributed by atoms with E-state index in [0.717, 1.165) is 18.7 Å². The van der Waals surface area contributed by atoms with Crippen molar-refractivity contribution in [2.24, 2.45) is 7.05 Å². The summed E-state index contributed by atoms with van der Waals surface area (Å²) in [6.07, 6.45) is 3.47. The number of nitrogens with zero attached hydrogens (tertiary/aromatic N) is 4. The molecule has 8 heteroatoms. The molecule has 0 saturated carbocycles. The Balaban J connectivity index is 1.67. The Kier molecular flexibility index (Phi) is 4.19. The minimum atomic E-state index is -0.0421. The number of hydrogen-bond donors (Lipinski definition) is 0. The molecule has 0 radical (unpaired) electrons. The molecular weight excluding hydrogens is 331 g/mol. The van der Waals surface area contributed by atoms with E-state index in [0.29, 0.717) is 33.2 Å². The molecule has 2 aromatic heterocycles. The topological polar surface area (TPSA) is 51.0 Å². The highest BCUT2D eigenvalue weighted by Gasteiger charge is 2.28. The van der Waals surface area contributed by atoms with Gasteiger partial charge in [0.25, 0.3) is 5.91 Å². The van der Waals surface area contributed by atoms with Gasteiger partial charge in [-0.3, -0.25) is 4.79 Å². The Bertz CT molecular complexity index is 661. The molecule has 3 heterocycles. The highest BCUT2D eigenvalue weighted by molar-refractivity contribution is 7.20. The van der Waals surface area contributed by atoms with Crippen molar-refractivity contribution in [2.45, 2.75) is 18.8 Å². The van der Waals surface area contributed by atoms with Crippen LogP contribution in [0.3, 0.4) is 0 Å². The maximum Gasteiger partial charge on any atom is 0.256 e. The number of hydrogen-bond acceptors (Lipinski definition) is 4. The second-order valence-corrected chi connectivity index (χ2v) is 7.39. The highest BCUT2D eigenvalue weighted by atomic mass is 35.5. The summed E-state index contributed by atoms with van der Waals surface area (Å²) in [5.74, 6) is 1.29. The van der Waals surface area contributed by atoms with Gasteiger partial charge in [-0.2, -0.15) is 0 Å². The molecule has 0 N–H and O–H groups in total. The smallest absolute Gasteiger partial charge is 0.256 e. The summed E-state index contributed by atoms with van der Waals surface area (Å²) in [5, 5.41) is 8.07. The summed E-state index contributed by atoms with van der Waals surface area (Å²) < 4.78 is 2.94. The number of piperidine rings is 1. The van der Waals surface area contributed by atoms with E-state index in [2.05, 4.69) is 10.2 Å². The van der Waals surface area contributed by atoms with Crippen LogP contribution in [0.2, 0.25) is 8.67 Å². The van der Waals surface area contributed by atoms with Crippen LogP contribution < -0.4 is 0 Å². The highest BCUT2D eigenvalue weighted by Crippen LogP contribution is 2.33. The minimum absolute atomic E-state index is 0.0421. The molecular formula is C13H14Cl2N4OS. The van der Waals surface area contributed by atoms with E-state index in [9.17, 15) is 4.79 Å². The predicted octanol–water partition coefficient (Wildman–Crippen LogP) is 3.20. The lowest BCUT2D eigenvalue weighted by Gasteiger charge is -2.31. The summed E-state index contributed by atoms with van der Waals surface area (Å²) in [6.45, 7) is 1.39. The molecule has 1 saturated heterocycles. The first-order chi connectivity index (χ1) is 10.1. The molecule has 1 fully saturated rings. The maximum atomic E-state index is 12.5. The third-order valence-electron chi connectivity index (χ3n) is 3.78. The first kappa shape index (κ1) is 14.8. The van der Waals surface area contributed by atoms with Gasteiger partial charge in [-0.05, 0) is 18.9 Å². The van der Waals surface area contributed by atoms with E-state index in [1.54, 1.807) is 12.4 Å². The lowest BCUT2D eigenvalue weighted by Crippen LogP contribution is -2.38. The van der Waals surface area contributed by atoms with Crippen LogP contribution in [-0.4, -0.2) is 38.7 Å². The Hall–Kier alpha value is -1.11. The Morgan fingerprint density at radius 1 is 1.38 bits per heavy atom. The van der Waals surface area contributed by atoms with Crippen LogP contribution in [0, 0.1) is 0 Å². The zero-order valence-electron chi connectivity index (χ0n) is 11.4. The second-order valence-electron chi connectivity index (χ2n) is 5.10. The normalized spacial score (nSPS) is 16.4. The fourth-order valence-corrected chi connectivity index (χ4v) is 4.11. The van der Waals surface area contributed by atoms with Gasteiger partial charge in [-0.25, -0.2) is 0 Å². The number of aromatic nitrogens is 3. The maximum absolute atomic E-state index is 12.5. The average Bonchev–Trinajstić information content (AvgIpc) is 3.04. The lowest BCUT2D eigenvalue weighted by molar-refractivity contribution is 0.0711. The first-order valence-corrected chi connectivity index (χ1v) is 8.21. The molecule has 5 nitrogen and oxygen atoms in total. The van der Waals surface area contributed by atoms with Gasteiger partial charge >= 0.3 is 0 Å². The van der Waals surface area contributed by atoms with Crippen LogP contribution >= 0.6 is 34.5 Å². The van der Waals surface area contributed by atoms with Crippen molar-refractivity contribution in [1.29, 1.82) is 0 Å². The van der Waals surface area contributed by atoms with Crippen molar-refractivity contribution in [3.05, 3.63) is 32.5 Å². The molecule has 112 valence electrons. The van der Waals surface area contributed by atoms with Crippen molar-refractivity contribution in [1.82, 2.24) is 19.7 Å². The quantitative estimate of drug-likeness (QED) is 0.840. The summed E-state index contributed by atoms with van der Waals surface area (Å²) >= 11 is 13.2. The second kappa shape index (κ2) is 5.94. The van der Waals surface area contributed by atoms with Crippen molar-refractivity contribution >= 4 is 40.4 Å². The third-order valence-corrected chi connectivity index (χ3v) is 5.27. The number of carbonyl (C=O) groups excluding carboxylic acids is 1. The predicted molar refractivity (Wildman–Crippen MR) is 83.2 cm³/mol. The molecule has 21 heavy (non-hydrogen) atoms. The van der Waals surface area contributed by atoms with Gasteiger partial charge in [0.1, 0.15) is 16.5 Å². The standard InChI is InChI=1S/C13H14Cl2N4OS/c1-18-7-16-17-12(18)8-2-4-19(5-3-8)13(20)9-6-10(14)21-11(9)15/h6-8H,2-5H2,1H3. The van der Waals surface area contributed by atoms with E-state index in [4.69, 9.17) is 23.2 Å². The van der Waals surface area contributed by atoms with E-state index in [1.165, 1.54) is 11.3 Å².